The lowest BCUT2D eigenvalue weighted by molar-refractivity contribution is -0.121. The van der Waals surface area contributed by atoms with E-state index in [1.54, 1.807) is 0 Å². The average molecular weight is 184 g/mol. The van der Waals surface area contributed by atoms with Crippen molar-refractivity contribution in [3.05, 3.63) is 0 Å². The lowest BCUT2D eigenvalue weighted by atomic mass is 9.74. The second-order valence-electron chi connectivity index (χ2n) is 4.17. The number of hydrogen-bond acceptors (Lipinski definition) is 2. The number of carbonyl (C=O) groups excluding carboxylic acids is 1. The van der Waals surface area contributed by atoms with Crippen molar-refractivity contribution in [2.24, 2.45) is 11.7 Å². The minimum atomic E-state index is -0.210. The van der Waals surface area contributed by atoms with E-state index in [0.717, 1.165) is 13.0 Å². The summed E-state index contributed by atoms with van der Waals surface area (Å²) in [4.78, 5) is 10.8. The lowest BCUT2D eigenvalue weighted by Gasteiger charge is -2.42. The Morgan fingerprint density at radius 3 is 2.54 bits per heavy atom. The van der Waals surface area contributed by atoms with E-state index in [9.17, 15) is 4.79 Å². The highest BCUT2D eigenvalue weighted by Crippen LogP contribution is 2.34. The molecule has 0 saturated heterocycles. The summed E-state index contributed by atoms with van der Waals surface area (Å²) in [5.41, 5.74) is 5.51. The van der Waals surface area contributed by atoms with E-state index < -0.39 is 0 Å². The predicted octanol–water partition coefficient (Wildman–Crippen LogP) is 1.03. The molecule has 1 amide bonds. The Bertz CT molecular complexity index is 182. The Labute approximate surface area is 80.1 Å². The van der Waals surface area contributed by atoms with E-state index in [4.69, 9.17) is 5.73 Å². The molecule has 1 aliphatic rings. The van der Waals surface area contributed by atoms with Gasteiger partial charge in [0.05, 0.1) is 0 Å². The highest BCUT2D eigenvalue weighted by Gasteiger charge is 2.34. The van der Waals surface area contributed by atoms with Crippen molar-refractivity contribution < 1.29 is 4.79 Å². The molecule has 1 unspecified atom stereocenters. The van der Waals surface area contributed by atoms with Crippen molar-refractivity contribution in [3.63, 3.8) is 0 Å². The minimum Gasteiger partial charge on any atom is -0.369 e. The van der Waals surface area contributed by atoms with E-state index in [1.165, 1.54) is 19.3 Å². The molecule has 0 aromatic heterocycles. The fourth-order valence-corrected chi connectivity index (χ4v) is 1.73. The summed E-state index contributed by atoms with van der Waals surface area (Å²) in [7, 11) is 0. The monoisotopic (exact) mass is 184 g/mol. The van der Waals surface area contributed by atoms with Gasteiger partial charge in [0.2, 0.25) is 5.91 Å². The maximum atomic E-state index is 10.8. The maximum absolute atomic E-state index is 10.8. The van der Waals surface area contributed by atoms with Crippen LogP contribution in [0.2, 0.25) is 0 Å². The molecule has 3 heteroatoms. The zero-order valence-electron chi connectivity index (χ0n) is 8.60. The summed E-state index contributed by atoms with van der Waals surface area (Å²) < 4.78 is 0. The van der Waals surface area contributed by atoms with Crippen LogP contribution in [0.5, 0.6) is 0 Å². The van der Waals surface area contributed by atoms with Crippen LogP contribution in [0, 0.1) is 5.92 Å². The highest BCUT2D eigenvalue weighted by atomic mass is 16.1. The maximum Gasteiger partial charge on any atom is 0.221 e. The number of amides is 1. The van der Waals surface area contributed by atoms with Gasteiger partial charge in [-0.25, -0.2) is 0 Å². The molecular formula is C10H20N2O. The Balaban J connectivity index is 2.28. The first-order chi connectivity index (χ1) is 6.09. The Kier molecular flexibility index (Phi) is 3.31. The summed E-state index contributed by atoms with van der Waals surface area (Å²) in [6.45, 7) is 4.79. The summed E-state index contributed by atoms with van der Waals surface area (Å²) in [5, 5.41) is 3.46. The number of hydrogen-bond donors (Lipinski definition) is 2. The molecule has 3 nitrogen and oxygen atoms in total. The first-order valence-electron chi connectivity index (χ1n) is 5.14. The largest absolute Gasteiger partial charge is 0.369 e. The first kappa shape index (κ1) is 10.5. The van der Waals surface area contributed by atoms with Gasteiger partial charge in [0, 0.05) is 18.0 Å². The molecule has 1 fully saturated rings. The van der Waals surface area contributed by atoms with Gasteiger partial charge in [0.15, 0.2) is 0 Å². The quantitative estimate of drug-likeness (QED) is 0.670. The number of rotatable bonds is 5. The summed E-state index contributed by atoms with van der Waals surface area (Å²) in [5.74, 6) is -0.262. The molecule has 76 valence electrons. The zero-order valence-corrected chi connectivity index (χ0v) is 8.60. The van der Waals surface area contributed by atoms with Crippen LogP contribution in [0.15, 0.2) is 0 Å². The highest BCUT2D eigenvalue weighted by molar-refractivity contribution is 5.76. The van der Waals surface area contributed by atoms with Crippen LogP contribution in [-0.2, 0) is 4.79 Å². The first-order valence-corrected chi connectivity index (χ1v) is 5.14. The van der Waals surface area contributed by atoms with Crippen molar-refractivity contribution in [2.45, 2.75) is 45.1 Å². The van der Waals surface area contributed by atoms with E-state index in [0.29, 0.717) is 5.54 Å². The third-order valence-electron chi connectivity index (χ3n) is 3.26. The topological polar surface area (TPSA) is 55.1 Å². The van der Waals surface area contributed by atoms with Gasteiger partial charge in [-0.3, -0.25) is 4.79 Å². The number of carbonyl (C=O) groups is 1. The van der Waals surface area contributed by atoms with E-state index in [-0.39, 0.29) is 11.8 Å². The van der Waals surface area contributed by atoms with Crippen LogP contribution in [0.4, 0.5) is 0 Å². The molecule has 0 bridgehead atoms. The number of nitrogens with one attached hydrogen (secondary N) is 1. The van der Waals surface area contributed by atoms with Gasteiger partial charge in [0.1, 0.15) is 0 Å². The smallest absolute Gasteiger partial charge is 0.221 e. The Morgan fingerprint density at radius 2 is 2.23 bits per heavy atom. The minimum absolute atomic E-state index is 0.0518. The predicted molar refractivity (Wildman–Crippen MR) is 53.2 cm³/mol. The second-order valence-corrected chi connectivity index (χ2v) is 4.17. The van der Waals surface area contributed by atoms with Gasteiger partial charge >= 0.3 is 0 Å². The molecule has 0 aromatic rings. The fourth-order valence-electron chi connectivity index (χ4n) is 1.73. The molecular weight excluding hydrogens is 164 g/mol. The van der Waals surface area contributed by atoms with Crippen LogP contribution >= 0.6 is 0 Å². The fraction of sp³-hybridized carbons (Fsp3) is 0.900. The summed E-state index contributed by atoms with van der Waals surface area (Å²) >= 11 is 0. The molecule has 13 heavy (non-hydrogen) atoms. The van der Waals surface area contributed by atoms with Crippen molar-refractivity contribution in [1.29, 1.82) is 0 Å². The third kappa shape index (κ3) is 2.44. The molecule has 0 aliphatic heterocycles. The van der Waals surface area contributed by atoms with Gasteiger partial charge < -0.3 is 11.1 Å². The normalized spacial score (nSPS) is 22.0. The Morgan fingerprint density at radius 1 is 1.62 bits per heavy atom. The van der Waals surface area contributed by atoms with Gasteiger partial charge in [-0.1, -0.05) is 13.8 Å². The van der Waals surface area contributed by atoms with Crippen molar-refractivity contribution in [3.8, 4) is 0 Å². The van der Waals surface area contributed by atoms with Crippen molar-refractivity contribution in [1.82, 2.24) is 5.32 Å². The average Bonchev–Trinajstić information content (AvgIpc) is 2.02. The number of primary amides is 1. The molecule has 0 spiro atoms. The van der Waals surface area contributed by atoms with Gasteiger partial charge in [-0.2, -0.15) is 0 Å². The standard InChI is InChI=1S/C10H20N2O/c1-3-10(5-4-6-10)12-7-8(2)9(11)13/h8,12H,3-7H2,1-2H3,(H2,11,13). The van der Waals surface area contributed by atoms with E-state index in [2.05, 4.69) is 12.2 Å². The molecule has 1 saturated carbocycles. The van der Waals surface area contributed by atoms with Crippen LogP contribution < -0.4 is 11.1 Å². The molecule has 1 atom stereocenters. The van der Waals surface area contributed by atoms with E-state index in [1.807, 2.05) is 6.92 Å². The summed E-state index contributed by atoms with van der Waals surface area (Å²) in [6.07, 6.45) is 4.95. The molecule has 1 rings (SSSR count). The van der Waals surface area contributed by atoms with Crippen molar-refractivity contribution >= 4 is 5.91 Å². The van der Waals surface area contributed by atoms with Gasteiger partial charge in [-0.15, -0.1) is 0 Å². The van der Waals surface area contributed by atoms with Gasteiger partial charge in [0.25, 0.3) is 0 Å². The van der Waals surface area contributed by atoms with Crippen LogP contribution in [-0.4, -0.2) is 18.0 Å². The lowest BCUT2D eigenvalue weighted by Crippen LogP contribution is -2.52. The Hall–Kier alpha value is -0.570. The van der Waals surface area contributed by atoms with Crippen LogP contribution in [0.1, 0.15) is 39.5 Å². The molecule has 0 heterocycles. The van der Waals surface area contributed by atoms with Crippen molar-refractivity contribution in [2.75, 3.05) is 6.54 Å². The zero-order chi connectivity index (χ0) is 9.90. The molecule has 0 radical (unpaired) electrons. The molecule has 3 N–H and O–H groups in total. The summed E-state index contributed by atoms with van der Waals surface area (Å²) in [6, 6.07) is 0. The second kappa shape index (κ2) is 4.09. The SMILES string of the molecule is CCC1(NCC(C)C(N)=O)CCC1. The van der Waals surface area contributed by atoms with Gasteiger partial charge in [-0.05, 0) is 25.7 Å². The molecule has 1 aliphatic carbocycles. The van der Waals surface area contributed by atoms with E-state index >= 15 is 0 Å². The van der Waals surface area contributed by atoms with Crippen LogP contribution in [0.25, 0.3) is 0 Å². The third-order valence-corrected chi connectivity index (χ3v) is 3.26. The van der Waals surface area contributed by atoms with Crippen LogP contribution in [0.3, 0.4) is 0 Å². The number of nitrogens with two attached hydrogens (primary N) is 1. The molecule has 0 aromatic carbocycles.